The molecule has 0 spiro atoms. The van der Waals surface area contributed by atoms with Crippen molar-refractivity contribution >= 4 is 23.5 Å². The van der Waals surface area contributed by atoms with Gasteiger partial charge >= 0.3 is 6.03 Å². The summed E-state index contributed by atoms with van der Waals surface area (Å²) in [4.78, 5) is 14.7. The van der Waals surface area contributed by atoms with Crippen molar-refractivity contribution in [1.82, 2.24) is 4.90 Å². The molecule has 16 heavy (non-hydrogen) atoms. The number of hydrogen-bond acceptors (Lipinski definition) is 2. The predicted molar refractivity (Wildman–Crippen MR) is 70.2 cm³/mol. The van der Waals surface area contributed by atoms with Crippen LogP contribution >= 0.6 is 11.8 Å². The van der Waals surface area contributed by atoms with E-state index in [-0.39, 0.29) is 6.03 Å². The second-order valence-corrected chi connectivity index (χ2v) is 4.21. The molecule has 1 rings (SSSR count). The van der Waals surface area contributed by atoms with Gasteiger partial charge in [0, 0.05) is 23.7 Å². The first-order chi connectivity index (χ1) is 7.71. The molecule has 0 unspecified atom stereocenters. The largest absolute Gasteiger partial charge is 0.325 e. The van der Waals surface area contributed by atoms with E-state index < -0.39 is 0 Å². The van der Waals surface area contributed by atoms with E-state index in [2.05, 4.69) is 5.32 Å². The molecular formula is C12H18N2OS. The first-order valence-electron chi connectivity index (χ1n) is 5.41. The van der Waals surface area contributed by atoms with Crippen LogP contribution in [0.15, 0.2) is 29.2 Å². The Balaban J connectivity index is 2.62. The Morgan fingerprint density at radius 2 is 1.81 bits per heavy atom. The number of anilines is 1. The van der Waals surface area contributed by atoms with Gasteiger partial charge in [-0.2, -0.15) is 0 Å². The molecule has 0 aliphatic rings. The van der Waals surface area contributed by atoms with Crippen LogP contribution in [-0.2, 0) is 0 Å². The van der Waals surface area contributed by atoms with Gasteiger partial charge in [0.1, 0.15) is 0 Å². The van der Waals surface area contributed by atoms with Gasteiger partial charge in [-0.1, -0.05) is 0 Å². The lowest BCUT2D eigenvalue weighted by Crippen LogP contribution is -2.34. The monoisotopic (exact) mass is 238 g/mol. The van der Waals surface area contributed by atoms with Gasteiger partial charge in [-0.15, -0.1) is 11.8 Å². The average molecular weight is 238 g/mol. The highest BCUT2D eigenvalue weighted by Gasteiger charge is 2.08. The topological polar surface area (TPSA) is 32.3 Å². The quantitative estimate of drug-likeness (QED) is 0.816. The van der Waals surface area contributed by atoms with Crippen molar-refractivity contribution < 1.29 is 4.79 Å². The molecule has 0 atom stereocenters. The van der Waals surface area contributed by atoms with Crippen molar-refractivity contribution in [2.24, 2.45) is 0 Å². The number of nitrogens with zero attached hydrogens (tertiary/aromatic N) is 1. The van der Waals surface area contributed by atoms with Gasteiger partial charge in [-0.3, -0.25) is 0 Å². The first kappa shape index (κ1) is 12.9. The summed E-state index contributed by atoms with van der Waals surface area (Å²) in [6.45, 7) is 5.40. The maximum absolute atomic E-state index is 11.7. The lowest BCUT2D eigenvalue weighted by atomic mass is 10.3. The molecule has 0 bridgehead atoms. The molecule has 0 fully saturated rings. The fourth-order valence-corrected chi connectivity index (χ4v) is 1.80. The average Bonchev–Trinajstić information content (AvgIpc) is 2.31. The van der Waals surface area contributed by atoms with Gasteiger partial charge in [0.2, 0.25) is 0 Å². The van der Waals surface area contributed by atoms with E-state index in [0.717, 1.165) is 18.8 Å². The van der Waals surface area contributed by atoms with Gasteiger partial charge in [0.05, 0.1) is 0 Å². The van der Waals surface area contributed by atoms with Crippen molar-refractivity contribution in [3.05, 3.63) is 24.3 Å². The molecule has 0 aromatic heterocycles. The highest BCUT2D eigenvalue weighted by molar-refractivity contribution is 7.98. The van der Waals surface area contributed by atoms with Crippen LogP contribution in [0.25, 0.3) is 0 Å². The van der Waals surface area contributed by atoms with E-state index in [9.17, 15) is 4.79 Å². The fraction of sp³-hybridized carbons (Fsp3) is 0.417. The molecular weight excluding hydrogens is 220 g/mol. The normalized spacial score (nSPS) is 9.94. The van der Waals surface area contributed by atoms with Crippen LogP contribution in [0.2, 0.25) is 0 Å². The molecule has 3 nitrogen and oxygen atoms in total. The van der Waals surface area contributed by atoms with Crippen molar-refractivity contribution in [3.8, 4) is 0 Å². The van der Waals surface area contributed by atoms with Crippen molar-refractivity contribution in [3.63, 3.8) is 0 Å². The molecule has 1 aromatic carbocycles. The van der Waals surface area contributed by atoms with Gasteiger partial charge in [-0.05, 0) is 44.4 Å². The second kappa shape index (κ2) is 6.43. The molecule has 0 aliphatic carbocycles. The maximum Gasteiger partial charge on any atom is 0.321 e. The van der Waals surface area contributed by atoms with Gasteiger partial charge in [0.25, 0.3) is 0 Å². The molecule has 4 heteroatoms. The van der Waals surface area contributed by atoms with Crippen LogP contribution in [0.1, 0.15) is 13.8 Å². The summed E-state index contributed by atoms with van der Waals surface area (Å²) in [7, 11) is 0. The van der Waals surface area contributed by atoms with Gasteiger partial charge in [-0.25, -0.2) is 4.79 Å². The number of amides is 2. The van der Waals surface area contributed by atoms with Gasteiger partial charge in [0.15, 0.2) is 0 Å². The van der Waals surface area contributed by atoms with Crippen LogP contribution in [-0.4, -0.2) is 30.3 Å². The third-order valence-corrected chi connectivity index (χ3v) is 3.14. The summed E-state index contributed by atoms with van der Waals surface area (Å²) in [6.07, 6.45) is 2.03. The van der Waals surface area contributed by atoms with Crippen molar-refractivity contribution in [1.29, 1.82) is 0 Å². The van der Waals surface area contributed by atoms with E-state index in [1.54, 1.807) is 16.7 Å². The zero-order valence-corrected chi connectivity index (χ0v) is 10.8. The Hall–Kier alpha value is -1.16. The summed E-state index contributed by atoms with van der Waals surface area (Å²) < 4.78 is 0. The van der Waals surface area contributed by atoms with E-state index in [0.29, 0.717) is 0 Å². The smallest absolute Gasteiger partial charge is 0.321 e. The van der Waals surface area contributed by atoms with E-state index in [4.69, 9.17) is 0 Å². The molecule has 88 valence electrons. The summed E-state index contributed by atoms with van der Waals surface area (Å²) >= 11 is 1.69. The number of thioether (sulfide) groups is 1. The summed E-state index contributed by atoms with van der Waals surface area (Å²) in [5.74, 6) is 0. The van der Waals surface area contributed by atoms with Crippen LogP contribution in [0, 0.1) is 0 Å². The summed E-state index contributed by atoms with van der Waals surface area (Å²) in [6, 6.07) is 7.81. The molecule has 0 aliphatic heterocycles. The number of hydrogen-bond donors (Lipinski definition) is 1. The lowest BCUT2D eigenvalue weighted by molar-refractivity contribution is 0.217. The molecule has 0 saturated heterocycles. The van der Waals surface area contributed by atoms with Crippen molar-refractivity contribution in [2.45, 2.75) is 18.7 Å². The maximum atomic E-state index is 11.7. The third kappa shape index (κ3) is 3.45. The zero-order chi connectivity index (χ0) is 12.0. The number of carbonyl (C=O) groups excluding carboxylic acids is 1. The SMILES string of the molecule is CCN(CC)C(=O)Nc1ccc(SC)cc1. The standard InChI is InChI=1S/C12H18N2OS/c1-4-14(5-2)12(15)13-10-6-8-11(16-3)9-7-10/h6-9H,4-5H2,1-3H3,(H,13,15). The molecule has 1 N–H and O–H groups in total. The fourth-order valence-electron chi connectivity index (χ4n) is 1.39. The predicted octanol–water partition coefficient (Wildman–Crippen LogP) is 3.28. The number of rotatable bonds is 4. The van der Waals surface area contributed by atoms with E-state index in [1.807, 2.05) is 44.4 Å². The van der Waals surface area contributed by atoms with E-state index in [1.165, 1.54) is 4.90 Å². The minimum Gasteiger partial charge on any atom is -0.325 e. The number of nitrogens with one attached hydrogen (secondary N) is 1. The van der Waals surface area contributed by atoms with Crippen LogP contribution in [0.5, 0.6) is 0 Å². The lowest BCUT2D eigenvalue weighted by Gasteiger charge is -2.19. The zero-order valence-electron chi connectivity index (χ0n) is 9.99. The molecule has 1 aromatic rings. The summed E-state index contributed by atoms with van der Waals surface area (Å²) in [5, 5.41) is 2.87. The van der Waals surface area contributed by atoms with Gasteiger partial charge < -0.3 is 10.2 Å². The van der Waals surface area contributed by atoms with Crippen molar-refractivity contribution in [2.75, 3.05) is 24.7 Å². The van der Waals surface area contributed by atoms with Crippen LogP contribution in [0.3, 0.4) is 0 Å². The minimum atomic E-state index is -0.0399. The summed E-state index contributed by atoms with van der Waals surface area (Å²) in [5.41, 5.74) is 0.842. The van der Waals surface area contributed by atoms with E-state index >= 15 is 0 Å². The highest BCUT2D eigenvalue weighted by Crippen LogP contribution is 2.17. The Morgan fingerprint density at radius 1 is 1.25 bits per heavy atom. The van der Waals surface area contributed by atoms with Crippen LogP contribution < -0.4 is 5.32 Å². The number of urea groups is 1. The Kier molecular flexibility index (Phi) is 5.19. The number of carbonyl (C=O) groups is 1. The Morgan fingerprint density at radius 3 is 2.25 bits per heavy atom. The minimum absolute atomic E-state index is 0.0399. The Labute approximate surface area is 101 Å². The molecule has 0 radical (unpaired) electrons. The van der Waals surface area contributed by atoms with Crippen LogP contribution in [0.4, 0.5) is 10.5 Å². The molecule has 0 heterocycles. The molecule has 2 amide bonds. The molecule has 0 saturated carbocycles. The highest BCUT2D eigenvalue weighted by atomic mass is 32.2. The first-order valence-corrected chi connectivity index (χ1v) is 6.63. The second-order valence-electron chi connectivity index (χ2n) is 3.33. The Bertz CT molecular complexity index is 333. The third-order valence-electron chi connectivity index (χ3n) is 2.39. The number of benzene rings is 1.